The number of halogens is 1. The van der Waals surface area contributed by atoms with Crippen LogP contribution in [0.25, 0.3) is 11.0 Å². The normalized spacial score (nSPS) is 10.3. The number of hydrogen-bond donors (Lipinski definition) is 3. The smallest absolute Gasteiger partial charge is 0.335 e. The van der Waals surface area contributed by atoms with Gasteiger partial charge in [-0.05, 0) is 36.4 Å². The zero-order chi connectivity index (χ0) is 18.7. The fourth-order valence-corrected chi connectivity index (χ4v) is 2.35. The number of anilines is 1. The highest BCUT2D eigenvalue weighted by Crippen LogP contribution is 2.23. The highest BCUT2D eigenvalue weighted by molar-refractivity contribution is 6.34. The van der Waals surface area contributed by atoms with Crippen LogP contribution >= 0.6 is 11.6 Å². The second kappa shape index (κ2) is 7.16. The van der Waals surface area contributed by atoms with E-state index in [1.165, 1.54) is 42.7 Å². The molecule has 3 amide bonds. The molecule has 1 aromatic heterocycles. The van der Waals surface area contributed by atoms with Gasteiger partial charge in [0.2, 0.25) is 0 Å². The molecule has 0 fully saturated rings. The van der Waals surface area contributed by atoms with Gasteiger partial charge < -0.3 is 10.4 Å². The first-order chi connectivity index (χ1) is 12.4. The van der Waals surface area contributed by atoms with Gasteiger partial charge in [0.05, 0.1) is 27.3 Å². The number of aromatic carboxylic acids is 1. The van der Waals surface area contributed by atoms with E-state index in [1.54, 1.807) is 6.07 Å². The lowest BCUT2D eigenvalue weighted by Gasteiger charge is -2.09. The monoisotopic (exact) mass is 370 g/mol. The number of aromatic nitrogens is 2. The Labute approximate surface area is 151 Å². The molecule has 0 aliphatic rings. The van der Waals surface area contributed by atoms with Gasteiger partial charge in [-0.2, -0.15) is 0 Å². The second-order valence-corrected chi connectivity index (χ2v) is 5.58. The van der Waals surface area contributed by atoms with E-state index < -0.39 is 17.9 Å². The van der Waals surface area contributed by atoms with E-state index >= 15 is 0 Å². The molecular formula is C17H11ClN4O4. The van der Waals surface area contributed by atoms with Crippen LogP contribution < -0.4 is 10.6 Å². The molecule has 0 saturated carbocycles. The van der Waals surface area contributed by atoms with Crippen molar-refractivity contribution in [2.24, 2.45) is 0 Å². The summed E-state index contributed by atoms with van der Waals surface area (Å²) in [5.41, 5.74) is 1.37. The molecule has 9 heteroatoms. The Kier molecular flexibility index (Phi) is 4.76. The van der Waals surface area contributed by atoms with Crippen LogP contribution in [0.2, 0.25) is 5.02 Å². The molecule has 0 atom stereocenters. The molecule has 3 rings (SSSR count). The molecule has 3 N–H and O–H groups in total. The lowest BCUT2D eigenvalue weighted by Crippen LogP contribution is -2.34. The number of benzene rings is 2. The number of urea groups is 1. The highest BCUT2D eigenvalue weighted by atomic mass is 35.5. The molecule has 3 aromatic rings. The number of amides is 3. The van der Waals surface area contributed by atoms with Crippen LogP contribution in [0.3, 0.4) is 0 Å². The summed E-state index contributed by atoms with van der Waals surface area (Å²) in [6.45, 7) is 0. The van der Waals surface area contributed by atoms with Crippen LogP contribution in [-0.4, -0.2) is 33.0 Å². The largest absolute Gasteiger partial charge is 0.478 e. The zero-order valence-corrected chi connectivity index (χ0v) is 13.8. The lowest BCUT2D eigenvalue weighted by molar-refractivity contribution is 0.0696. The maximum absolute atomic E-state index is 12.2. The molecule has 0 bridgehead atoms. The van der Waals surface area contributed by atoms with Crippen LogP contribution in [0.5, 0.6) is 0 Å². The summed E-state index contributed by atoms with van der Waals surface area (Å²) in [6, 6.07) is 7.61. The number of carboxylic acid groups (broad SMARTS) is 1. The van der Waals surface area contributed by atoms with Crippen LogP contribution in [0.4, 0.5) is 10.5 Å². The number of hydrogen-bond acceptors (Lipinski definition) is 5. The Bertz CT molecular complexity index is 1040. The summed E-state index contributed by atoms with van der Waals surface area (Å²) >= 11 is 5.93. The SMILES string of the molecule is O=C(NC(=O)c1ccc2nccnc2c1)Nc1cc(C(=O)O)ccc1Cl. The maximum atomic E-state index is 12.2. The third-order valence-electron chi connectivity index (χ3n) is 3.42. The van der Waals surface area contributed by atoms with E-state index in [4.69, 9.17) is 16.7 Å². The minimum atomic E-state index is -1.17. The molecule has 2 aromatic carbocycles. The van der Waals surface area contributed by atoms with Crippen LogP contribution in [0.15, 0.2) is 48.8 Å². The highest BCUT2D eigenvalue weighted by Gasteiger charge is 2.14. The Balaban J connectivity index is 1.74. The predicted octanol–water partition coefficient (Wildman–Crippen LogP) is 2.94. The lowest BCUT2D eigenvalue weighted by atomic mass is 10.2. The van der Waals surface area contributed by atoms with Gasteiger partial charge in [-0.25, -0.2) is 9.59 Å². The van der Waals surface area contributed by atoms with Gasteiger partial charge in [0, 0.05) is 18.0 Å². The Morgan fingerprint density at radius 3 is 2.35 bits per heavy atom. The second-order valence-electron chi connectivity index (χ2n) is 5.17. The standard InChI is InChI=1S/C17H11ClN4O4/c18-11-3-1-10(16(24)25)8-13(11)21-17(26)22-15(23)9-2-4-12-14(7-9)20-6-5-19-12/h1-8H,(H,24,25)(H2,21,22,23,26). The summed E-state index contributed by atoms with van der Waals surface area (Å²) in [7, 11) is 0. The van der Waals surface area contributed by atoms with E-state index in [1.807, 2.05) is 0 Å². The average Bonchev–Trinajstić information content (AvgIpc) is 2.62. The summed E-state index contributed by atoms with van der Waals surface area (Å²) in [5.74, 6) is -1.82. The van der Waals surface area contributed by atoms with Crippen molar-refractivity contribution in [1.29, 1.82) is 0 Å². The number of nitrogens with one attached hydrogen (secondary N) is 2. The number of rotatable bonds is 3. The molecule has 8 nitrogen and oxygen atoms in total. The number of nitrogens with zero attached hydrogens (tertiary/aromatic N) is 2. The van der Waals surface area contributed by atoms with Gasteiger partial charge in [0.1, 0.15) is 0 Å². The minimum absolute atomic E-state index is 0.0517. The van der Waals surface area contributed by atoms with E-state index in [9.17, 15) is 14.4 Å². The van der Waals surface area contributed by atoms with Crippen LogP contribution in [-0.2, 0) is 0 Å². The summed E-state index contributed by atoms with van der Waals surface area (Å²) in [6.07, 6.45) is 3.03. The molecule has 0 aliphatic carbocycles. The van der Waals surface area contributed by atoms with Gasteiger partial charge in [-0.1, -0.05) is 11.6 Å². The van der Waals surface area contributed by atoms with Gasteiger partial charge in [-0.3, -0.25) is 20.1 Å². The Morgan fingerprint density at radius 2 is 1.62 bits per heavy atom. The van der Waals surface area contributed by atoms with Crippen molar-refractivity contribution < 1.29 is 19.5 Å². The summed E-state index contributed by atoms with van der Waals surface area (Å²) in [5, 5.41) is 13.6. The molecule has 0 radical (unpaired) electrons. The molecule has 1 heterocycles. The van der Waals surface area contributed by atoms with E-state index in [-0.39, 0.29) is 21.8 Å². The third kappa shape index (κ3) is 3.76. The van der Waals surface area contributed by atoms with E-state index in [0.29, 0.717) is 11.0 Å². The first kappa shape index (κ1) is 17.3. The van der Waals surface area contributed by atoms with E-state index in [0.717, 1.165) is 0 Å². The number of carboxylic acids is 1. The molecule has 0 aliphatic heterocycles. The predicted molar refractivity (Wildman–Crippen MR) is 94.4 cm³/mol. The molecule has 26 heavy (non-hydrogen) atoms. The molecule has 0 spiro atoms. The van der Waals surface area contributed by atoms with Gasteiger partial charge in [0.25, 0.3) is 5.91 Å². The Morgan fingerprint density at radius 1 is 0.923 bits per heavy atom. The number of imide groups is 1. The zero-order valence-electron chi connectivity index (χ0n) is 13.1. The van der Waals surface area contributed by atoms with E-state index in [2.05, 4.69) is 20.6 Å². The number of carbonyl (C=O) groups excluding carboxylic acids is 2. The van der Waals surface area contributed by atoms with Crippen molar-refractivity contribution in [2.45, 2.75) is 0 Å². The average molecular weight is 371 g/mol. The van der Waals surface area contributed by atoms with Crippen LogP contribution in [0.1, 0.15) is 20.7 Å². The number of carbonyl (C=O) groups is 3. The van der Waals surface area contributed by atoms with Gasteiger partial charge in [0.15, 0.2) is 0 Å². The number of fused-ring (bicyclic) bond motifs is 1. The van der Waals surface area contributed by atoms with Crippen molar-refractivity contribution in [3.05, 3.63) is 64.9 Å². The first-order valence-electron chi connectivity index (χ1n) is 7.30. The summed E-state index contributed by atoms with van der Waals surface area (Å²) in [4.78, 5) is 43.4. The first-order valence-corrected chi connectivity index (χ1v) is 7.68. The molecule has 0 saturated heterocycles. The molecule has 130 valence electrons. The maximum Gasteiger partial charge on any atom is 0.335 e. The van der Waals surface area contributed by atoms with Gasteiger partial charge >= 0.3 is 12.0 Å². The Hall–Kier alpha value is -3.52. The van der Waals surface area contributed by atoms with Crippen molar-refractivity contribution in [1.82, 2.24) is 15.3 Å². The van der Waals surface area contributed by atoms with Crippen molar-refractivity contribution >= 4 is 46.2 Å². The quantitative estimate of drug-likeness (QED) is 0.651. The summed E-state index contributed by atoms with van der Waals surface area (Å²) < 4.78 is 0. The fraction of sp³-hybridized carbons (Fsp3) is 0. The topological polar surface area (TPSA) is 121 Å². The van der Waals surface area contributed by atoms with Crippen molar-refractivity contribution in [3.63, 3.8) is 0 Å². The third-order valence-corrected chi connectivity index (χ3v) is 3.75. The van der Waals surface area contributed by atoms with Gasteiger partial charge in [-0.15, -0.1) is 0 Å². The van der Waals surface area contributed by atoms with Crippen molar-refractivity contribution in [2.75, 3.05) is 5.32 Å². The van der Waals surface area contributed by atoms with Crippen LogP contribution in [0, 0.1) is 0 Å². The van der Waals surface area contributed by atoms with Crippen molar-refractivity contribution in [3.8, 4) is 0 Å². The molecule has 0 unspecified atom stereocenters. The fourth-order valence-electron chi connectivity index (χ4n) is 2.19. The molecular weight excluding hydrogens is 360 g/mol. The minimum Gasteiger partial charge on any atom is -0.478 e.